The van der Waals surface area contributed by atoms with Crippen LogP contribution in [0.1, 0.15) is 142 Å². The molecule has 4 aromatic rings. The summed E-state index contributed by atoms with van der Waals surface area (Å²) < 4.78 is 40.7. The Balaban J connectivity index is 0. The standard InChI is InChI=1S/2C21H27FNO.C6H18NSi2.2C4H8O.2Li.Y/c2*1-20(2,3)15-11-14(19(24)18(12-15)21(4,5)6)13-23-17-9-7-16(22)8-10-17;1-8(2,3)7-9(4,5)6;2*1-2-4-5-3-1;;;/h2*7-12,24H,13H2,1-6H3;1-6H3;2*1-4H2;;;/q3*-1;;;2*+1;+3/p-2. The Morgan fingerprint density at radius 3 is 0.929 bits per heavy atom. The maximum Gasteiger partial charge on any atom is 3.00 e. The first-order chi connectivity index (χ1) is 30.7. The maximum atomic E-state index is 13.0. The summed E-state index contributed by atoms with van der Waals surface area (Å²) in [6.07, 6.45) is 5.11. The van der Waals surface area contributed by atoms with Crippen LogP contribution < -0.4 is 47.9 Å². The fourth-order valence-corrected chi connectivity index (χ4v) is 15.1. The molecule has 14 heteroatoms. The molecule has 0 radical (unpaired) electrons. The third kappa shape index (κ3) is 28.3. The molecular formula is C56H86F2Li2N3O4Si2Y. The van der Waals surface area contributed by atoms with E-state index < -0.39 is 16.5 Å². The van der Waals surface area contributed by atoms with E-state index in [1.807, 2.05) is 24.3 Å². The van der Waals surface area contributed by atoms with Crippen LogP contribution in [0.25, 0.3) is 15.3 Å². The van der Waals surface area contributed by atoms with Gasteiger partial charge in [-0.05, 0) is 82.7 Å². The second kappa shape index (κ2) is 31.4. The van der Waals surface area contributed by atoms with Crippen molar-refractivity contribution in [2.45, 2.75) is 183 Å². The van der Waals surface area contributed by atoms with Gasteiger partial charge in [0.05, 0.1) is 0 Å². The zero-order chi connectivity index (χ0) is 51.0. The summed E-state index contributed by atoms with van der Waals surface area (Å²) in [6.45, 7) is 43.5. The predicted molar refractivity (Wildman–Crippen MR) is 283 cm³/mol. The van der Waals surface area contributed by atoms with E-state index in [4.69, 9.17) is 14.1 Å². The van der Waals surface area contributed by atoms with Gasteiger partial charge in [0.25, 0.3) is 0 Å². The summed E-state index contributed by atoms with van der Waals surface area (Å²) in [5, 5.41) is 34.6. The van der Waals surface area contributed by atoms with E-state index >= 15 is 0 Å². The smallest absolute Gasteiger partial charge is 0.872 e. The van der Waals surface area contributed by atoms with Crippen LogP contribution >= 0.6 is 0 Å². The first-order valence-corrected chi connectivity index (χ1v) is 31.0. The molecule has 70 heavy (non-hydrogen) atoms. The minimum absolute atomic E-state index is 0. The third-order valence-electron chi connectivity index (χ3n) is 10.5. The van der Waals surface area contributed by atoms with Gasteiger partial charge in [-0.25, -0.2) is 8.78 Å². The fourth-order valence-electron chi connectivity index (χ4n) is 7.07. The molecule has 2 saturated heterocycles. The number of benzene rings is 4. The third-order valence-corrected chi connectivity index (χ3v) is 15.9. The molecule has 2 aliphatic rings. The minimum atomic E-state index is -1.11. The van der Waals surface area contributed by atoms with Crippen molar-refractivity contribution in [3.8, 4) is 11.5 Å². The van der Waals surface area contributed by atoms with Crippen molar-refractivity contribution < 1.29 is 98.9 Å². The van der Waals surface area contributed by atoms with Crippen LogP contribution in [-0.2, 0) is 76.9 Å². The van der Waals surface area contributed by atoms with Crippen LogP contribution in [0.15, 0.2) is 72.8 Å². The van der Waals surface area contributed by atoms with Crippen LogP contribution in [0.4, 0.5) is 20.2 Å². The van der Waals surface area contributed by atoms with Crippen LogP contribution in [0.2, 0.25) is 39.3 Å². The van der Waals surface area contributed by atoms with Crippen LogP contribution in [0, 0.1) is 11.6 Å². The van der Waals surface area contributed by atoms with Gasteiger partial charge < -0.3 is 35.0 Å². The molecule has 2 fully saturated rings. The number of rotatable bonds is 8. The summed E-state index contributed by atoms with van der Waals surface area (Å²) in [7, 11) is -2.21. The van der Waals surface area contributed by atoms with E-state index in [9.17, 15) is 19.0 Å². The van der Waals surface area contributed by atoms with Crippen molar-refractivity contribution >= 4 is 27.8 Å². The maximum absolute atomic E-state index is 13.0. The first-order valence-electron chi connectivity index (χ1n) is 24.1. The van der Waals surface area contributed by atoms with Gasteiger partial charge in [-0.1, -0.05) is 210 Å². The SMILES string of the molecule is C1CCOC1.C1CCOC1.CC(C)(C)c1cc(C[N-]c2ccc(F)cc2)c([O-])c(C(C)(C)C)c1.CC(C)(C)c1cc(C[N-]c2ccc(F)cc2)c([O-])c(C(C)(C)C)c1.C[Si](C)(C)[N-][Si](C)(C)C.[Li+].[Li+].[Y+3]. The Morgan fingerprint density at radius 2 is 0.743 bits per heavy atom. The van der Waals surface area contributed by atoms with Crippen molar-refractivity contribution in [2.75, 3.05) is 26.4 Å². The molecule has 0 saturated carbocycles. The number of halogens is 2. The first kappa shape index (κ1) is 70.6. The molecule has 2 heterocycles. The molecular weight excluding hydrogens is 976 g/mol. The monoisotopic (exact) mass is 1060 g/mol. The number of nitrogens with zero attached hydrogens (tertiary/aromatic N) is 3. The number of hydrogen-bond donors (Lipinski definition) is 0. The van der Waals surface area contributed by atoms with E-state index in [0.29, 0.717) is 35.6 Å². The number of ether oxygens (including phenoxy) is 2. The van der Waals surface area contributed by atoms with Crippen molar-refractivity contribution in [3.05, 3.63) is 133 Å². The molecule has 0 aromatic heterocycles. The second-order valence-electron chi connectivity index (χ2n) is 23.7. The Hall–Kier alpha value is -1.45. The van der Waals surface area contributed by atoms with E-state index in [1.54, 1.807) is 24.3 Å². The minimum Gasteiger partial charge on any atom is -0.872 e. The summed E-state index contributed by atoms with van der Waals surface area (Å²) >= 11 is 0. The molecule has 0 atom stereocenters. The Bertz CT molecular complexity index is 1920. The molecule has 0 amide bonds. The van der Waals surface area contributed by atoms with E-state index in [1.165, 1.54) is 49.9 Å². The Kier molecular flexibility index (Phi) is 31.7. The van der Waals surface area contributed by atoms with Crippen molar-refractivity contribution in [3.63, 3.8) is 0 Å². The van der Waals surface area contributed by atoms with Crippen LogP contribution in [0.5, 0.6) is 11.5 Å². The fraction of sp³-hybridized carbons (Fsp3) is 0.571. The molecule has 0 aliphatic carbocycles. The van der Waals surface area contributed by atoms with Gasteiger partial charge >= 0.3 is 70.4 Å². The molecule has 0 N–H and O–H groups in total. The van der Waals surface area contributed by atoms with Crippen LogP contribution in [-0.4, -0.2) is 42.9 Å². The molecule has 6 rings (SSSR count). The van der Waals surface area contributed by atoms with Gasteiger partial charge in [0.2, 0.25) is 0 Å². The van der Waals surface area contributed by atoms with Gasteiger partial charge in [-0.15, -0.1) is 36.0 Å². The summed E-state index contributed by atoms with van der Waals surface area (Å²) in [4.78, 5) is 0. The molecule has 0 unspecified atom stereocenters. The van der Waals surface area contributed by atoms with Crippen LogP contribution in [0.3, 0.4) is 0 Å². The summed E-state index contributed by atoms with van der Waals surface area (Å²) in [6, 6.07) is 20.0. The van der Waals surface area contributed by atoms with Crippen molar-refractivity contribution in [1.82, 2.24) is 0 Å². The van der Waals surface area contributed by atoms with Crippen molar-refractivity contribution in [1.29, 1.82) is 0 Å². The molecule has 4 aromatic carbocycles. The Morgan fingerprint density at radius 1 is 0.471 bits per heavy atom. The van der Waals surface area contributed by atoms with Gasteiger partial charge in [-0.2, -0.15) is 0 Å². The molecule has 0 spiro atoms. The molecule has 376 valence electrons. The van der Waals surface area contributed by atoms with Gasteiger partial charge in [0, 0.05) is 26.4 Å². The Labute approximate surface area is 476 Å². The molecule has 0 bridgehead atoms. The molecule has 7 nitrogen and oxygen atoms in total. The van der Waals surface area contributed by atoms with E-state index in [0.717, 1.165) is 48.7 Å². The average molecular weight is 1060 g/mol. The van der Waals surface area contributed by atoms with Gasteiger partial charge in [0.1, 0.15) is 11.6 Å². The summed E-state index contributed by atoms with van der Waals surface area (Å²) in [5.41, 5.74) is 6.12. The predicted octanol–water partition coefficient (Wildman–Crippen LogP) is 10.0. The zero-order valence-corrected chi connectivity index (χ0v) is 52.1. The zero-order valence-electron chi connectivity index (χ0n) is 47.3. The average Bonchev–Trinajstić information content (AvgIpc) is 3.97. The van der Waals surface area contributed by atoms with E-state index in [2.05, 4.69) is 133 Å². The van der Waals surface area contributed by atoms with E-state index in [-0.39, 0.29) is 115 Å². The normalized spacial score (nSPS) is 13.7. The van der Waals surface area contributed by atoms with Gasteiger partial charge in [-0.3, -0.25) is 0 Å². The summed E-state index contributed by atoms with van der Waals surface area (Å²) in [5.74, 6) is -0.464. The largest absolute Gasteiger partial charge is 3.00 e. The number of hydrogen-bond acceptors (Lipinski definition) is 4. The van der Waals surface area contributed by atoms with Gasteiger partial charge in [0.15, 0.2) is 0 Å². The molecule has 2 aliphatic heterocycles. The second-order valence-corrected chi connectivity index (χ2v) is 33.3. The topological polar surface area (TPSA) is 107 Å². The van der Waals surface area contributed by atoms with Crippen molar-refractivity contribution in [2.24, 2.45) is 0 Å². The quantitative estimate of drug-likeness (QED) is 0.164.